The van der Waals surface area contributed by atoms with E-state index >= 15 is 0 Å². The summed E-state index contributed by atoms with van der Waals surface area (Å²) in [4.78, 5) is 25.8. The van der Waals surface area contributed by atoms with Crippen molar-refractivity contribution < 1.29 is 14.7 Å². The zero-order valence-electron chi connectivity index (χ0n) is 9.99. The topological polar surface area (TPSA) is 60.4 Å². The Kier molecular flexibility index (Phi) is 4.38. The average Bonchev–Trinajstić information content (AvgIpc) is 2.94. The molecular formula is C12H10NO3S3-. The van der Waals surface area contributed by atoms with Gasteiger partial charge in [0.1, 0.15) is 4.32 Å². The van der Waals surface area contributed by atoms with Gasteiger partial charge in [-0.1, -0.05) is 37.0 Å². The zero-order valence-corrected chi connectivity index (χ0v) is 12.4. The van der Waals surface area contributed by atoms with Gasteiger partial charge in [0.2, 0.25) is 0 Å². The second-order valence-electron chi connectivity index (χ2n) is 3.81. The van der Waals surface area contributed by atoms with Crippen molar-refractivity contribution in [1.29, 1.82) is 0 Å². The van der Waals surface area contributed by atoms with Crippen molar-refractivity contribution in [2.75, 3.05) is 0 Å². The molecule has 1 atom stereocenters. The Morgan fingerprint density at radius 2 is 2.37 bits per heavy atom. The van der Waals surface area contributed by atoms with Gasteiger partial charge in [0.25, 0.3) is 5.91 Å². The summed E-state index contributed by atoms with van der Waals surface area (Å²) in [5.74, 6) is -1.64. The highest BCUT2D eigenvalue weighted by Gasteiger charge is 2.36. The van der Waals surface area contributed by atoms with Gasteiger partial charge in [0.15, 0.2) is 0 Å². The van der Waals surface area contributed by atoms with Crippen molar-refractivity contribution in [2.45, 2.75) is 19.4 Å². The highest BCUT2D eigenvalue weighted by molar-refractivity contribution is 8.26. The number of thioether (sulfide) groups is 1. The van der Waals surface area contributed by atoms with E-state index in [-0.39, 0.29) is 16.6 Å². The zero-order chi connectivity index (χ0) is 14.0. The van der Waals surface area contributed by atoms with E-state index in [1.165, 1.54) is 11.3 Å². The van der Waals surface area contributed by atoms with Crippen molar-refractivity contribution in [2.24, 2.45) is 0 Å². The number of hydrogen-bond acceptors (Lipinski definition) is 6. The van der Waals surface area contributed by atoms with Gasteiger partial charge in [-0.25, -0.2) is 0 Å². The molecule has 100 valence electrons. The van der Waals surface area contributed by atoms with E-state index in [1.54, 1.807) is 13.0 Å². The molecule has 1 aromatic heterocycles. The quantitative estimate of drug-likeness (QED) is 0.622. The molecule has 0 bridgehead atoms. The summed E-state index contributed by atoms with van der Waals surface area (Å²) in [5, 5.41) is 12.9. The molecule has 0 spiro atoms. The number of carbonyl (C=O) groups is 2. The van der Waals surface area contributed by atoms with Crippen molar-refractivity contribution in [1.82, 2.24) is 4.90 Å². The van der Waals surface area contributed by atoms with E-state index in [9.17, 15) is 14.7 Å². The molecule has 0 saturated carbocycles. The fourth-order valence-corrected chi connectivity index (χ4v) is 3.79. The van der Waals surface area contributed by atoms with Gasteiger partial charge in [0.05, 0.1) is 16.9 Å². The smallest absolute Gasteiger partial charge is 0.266 e. The lowest BCUT2D eigenvalue weighted by Gasteiger charge is -2.26. The van der Waals surface area contributed by atoms with Gasteiger partial charge >= 0.3 is 0 Å². The maximum absolute atomic E-state index is 12.2. The number of amides is 1. The summed E-state index contributed by atoms with van der Waals surface area (Å²) in [7, 11) is 0. The number of nitrogens with zero attached hydrogens (tertiary/aromatic N) is 1. The molecule has 1 aliphatic rings. The Morgan fingerprint density at radius 3 is 2.89 bits per heavy atom. The molecule has 1 amide bonds. The van der Waals surface area contributed by atoms with Crippen molar-refractivity contribution in [3.63, 3.8) is 0 Å². The highest BCUT2D eigenvalue weighted by Crippen LogP contribution is 2.34. The van der Waals surface area contributed by atoms with Crippen LogP contribution in [0.5, 0.6) is 0 Å². The Hall–Kier alpha value is -1.18. The summed E-state index contributed by atoms with van der Waals surface area (Å²) in [6.07, 6.45) is 1.99. The molecule has 1 aliphatic heterocycles. The minimum absolute atomic E-state index is 0.265. The third-order valence-electron chi connectivity index (χ3n) is 2.61. The van der Waals surface area contributed by atoms with Crippen LogP contribution in [0.15, 0.2) is 22.4 Å². The largest absolute Gasteiger partial charge is 0.548 e. The third-order valence-corrected chi connectivity index (χ3v) is 4.76. The molecule has 4 nitrogen and oxygen atoms in total. The van der Waals surface area contributed by atoms with Crippen molar-refractivity contribution in [3.8, 4) is 0 Å². The van der Waals surface area contributed by atoms with E-state index in [1.807, 2.05) is 17.5 Å². The van der Waals surface area contributed by atoms with Crippen LogP contribution >= 0.6 is 35.3 Å². The summed E-state index contributed by atoms with van der Waals surface area (Å²) in [5.41, 5.74) is 0. The Balaban J connectivity index is 2.28. The van der Waals surface area contributed by atoms with E-state index < -0.39 is 12.0 Å². The van der Waals surface area contributed by atoms with Crippen LogP contribution in [-0.4, -0.2) is 27.1 Å². The standard InChI is InChI=1S/C12H11NO3S3/c1-2-8(11(15)16)13-10(14)9(19-12(13)17)6-7-4-3-5-18-7/h3-6,8H,2H2,1H3,(H,15,16)/p-1/b9-6+/t8-/m1/s1. The first-order chi connectivity index (χ1) is 9.04. The number of thiocarbonyl (C=S) groups is 1. The fraction of sp³-hybridized carbons (Fsp3) is 0.250. The van der Waals surface area contributed by atoms with Gasteiger partial charge in [-0.3, -0.25) is 9.69 Å². The molecule has 2 heterocycles. The molecule has 1 fully saturated rings. The Morgan fingerprint density at radius 1 is 1.63 bits per heavy atom. The van der Waals surface area contributed by atoms with Crippen molar-refractivity contribution >= 4 is 57.6 Å². The van der Waals surface area contributed by atoms with E-state index in [0.29, 0.717) is 4.91 Å². The van der Waals surface area contributed by atoms with E-state index in [0.717, 1.165) is 21.5 Å². The summed E-state index contributed by atoms with van der Waals surface area (Å²) in [6.45, 7) is 1.68. The number of carboxylic acid groups (broad SMARTS) is 1. The summed E-state index contributed by atoms with van der Waals surface area (Å²) in [6, 6.07) is 2.77. The SMILES string of the molecule is CC[C@H](C(=O)[O-])N1C(=O)/C(=C\c2cccs2)SC1=S. The Bertz CT molecular complexity index is 551. The lowest BCUT2D eigenvalue weighted by molar-refractivity contribution is -0.310. The summed E-state index contributed by atoms with van der Waals surface area (Å²) >= 11 is 7.72. The molecular weight excluding hydrogens is 302 g/mol. The van der Waals surface area contributed by atoms with Crippen LogP contribution in [0.1, 0.15) is 18.2 Å². The number of aliphatic carboxylic acids is 1. The molecule has 7 heteroatoms. The van der Waals surface area contributed by atoms with Crippen LogP contribution in [-0.2, 0) is 9.59 Å². The number of hydrogen-bond donors (Lipinski definition) is 0. The van der Waals surface area contributed by atoms with E-state index in [4.69, 9.17) is 12.2 Å². The molecule has 0 aliphatic carbocycles. The third kappa shape index (κ3) is 2.88. The lowest BCUT2D eigenvalue weighted by atomic mass is 10.2. The van der Waals surface area contributed by atoms with Crippen LogP contribution in [0, 0.1) is 0 Å². The predicted molar refractivity (Wildman–Crippen MR) is 78.4 cm³/mol. The molecule has 0 radical (unpaired) electrons. The monoisotopic (exact) mass is 312 g/mol. The number of carbonyl (C=O) groups excluding carboxylic acids is 2. The molecule has 0 unspecified atom stereocenters. The summed E-state index contributed by atoms with van der Waals surface area (Å²) < 4.78 is 0.267. The fourth-order valence-electron chi connectivity index (χ4n) is 1.71. The van der Waals surface area contributed by atoms with E-state index in [2.05, 4.69) is 0 Å². The first-order valence-electron chi connectivity index (χ1n) is 5.56. The van der Waals surface area contributed by atoms with Crippen LogP contribution in [0.2, 0.25) is 0 Å². The number of rotatable bonds is 4. The van der Waals surface area contributed by atoms with Crippen LogP contribution in [0.3, 0.4) is 0 Å². The maximum atomic E-state index is 12.2. The molecule has 0 N–H and O–H groups in total. The number of carboxylic acids is 1. The first-order valence-corrected chi connectivity index (χ1v) is 7.66. The van der Waals surface area contributed by atoms with Gasteiger partial charge < -0.3 is 9.90 Å². The lowest BCUT2D eigenvalue weighted by Crippen LogP contribution is -2.49. The molecule has 0 aromatic carbocycles. The van der Waals surface area contributed by atoms with Crippen molar-refractivity contribution in [3.05, 3.63) is 27.3 Å². The highest BCUT2D eigenvalue weighted by atomic mass is 32.2. The second kappa shape index (κ2) is 5.85. The first kappa shape index (κ1) is 14.2. The minimum Gasteiger partial charge on any atom is -0.548 e. The molecule has 19 heavy (non-hydrogen) atoms. The molecule has 1 saturated heterocycles. The van der Waals surface area contributed by atoms with Gasteiger partial charge in [-0.05, 0) is 23.9 Å². The van der Waals surface area contributed by atoms with Gasteiger partial charge in [-0.15, -0.1) is 11.3 Å². The van der Waals surface area contributed by atoms with Crippen LogP contribution in [0.4, 0.5) is 0 Å². The average molecular weight is 312 g/mol. The normalized spacial score (nSPS) is 19.2. The number of thiophene rings is 1. The van der Waals surface area contributed by atoms with Gasteiger partial charge in [0, 0.05) is 4.88 Å². The minimum atomic E-state index is -1.28. The van der Waals surface area contributed by atoms with Gasteiger partial charge in [-0.2, -0.15) is 0 Å². The maximum Gasteiger partial charge on any atom is 0.266 e. The molecule has 1 aromatic rings. The second-order valence-corrected chi connectivity index (χ2v) is 6.47. The molecule has 2 rings (SSSR count). The van der Waals surface area contributed by atoms with Crippen LogP contribution < -0.4 is 5.11 Å². The van der Waals surface area contributed by atoms with Crippen LogP contribution in [0.25, 0.3) is 6.08 Å². The predicted octanol–water partition coefficient (Wildman–Crippen LogP) is 1.48. The Labute approximate surface area is 124 Å².